The SMILES string of the molecule is COc1ccc(Cl)c(Nc2ccc(N)c(C(=O)O)c2)c1. The summed E-state index contributed by atoms with van der Waals surface area (Å²) in [4.78, 5) is 11.0. The number of halogens is 1. The third-order valence-corrected chi connectivity index (χ3v) is 3.07. The maximum absolute atomic E-state index is 11.0. The van der Waals surface area contributed by atoms with Crippen LogP contribution < -0.4 is 15.8 Å². The molecule has 0 spiro atoms. The fourth-order valence-corrected chi connectivity index (χ4v) is 1.87. The van der Waals surface area contributed by atoms with Crippen molar-refractivity contribution in [3.63, 3.8) is 0 Å². The quantitative estimate of drug-likeness (QED) is 0.752. The van der Waals surface area contributed by atoms with Crippen LogP contribution in [0, 0.1) is 0 Å². The first-order valence-electron chi connectivity index (χ1n) is 5.74. The first kappa shape index (κ1) is 14.0. The lowest BCUT2D eigenvalue weighted by atomic mass is 10.1. The lowest BCUT2D eigenvalue weighted by Gasteiger charge is -2.11. The Bertz CT molecular complexity index is 659. The van der Waals surface area contributed by atoms with E-state index >= 15 is 0 Å². The highest BCUT2D eigenvalue weighted by atomic mass is 35.5. The molecule has 5 nitrogen and oxygen atoms in total. The van der Waals surface area contributed by atoms with Gasteiger partial charge in [0.25, 0.3) is 0 Å². The largest absolute Gasteiger partial charge is 0.497 e. The van der Waals surface area contributed by atoms with Gasteiger partial charge in [0, 0.05) is 17.4 Å². The zero-order valence-corrected chi connectivity index (χ0v) is 11.4. The molecule has 0 aliphatic carbocycles. The molecule has 0 fully saturated rings. The van der Waals surface area contributed by atoms with Gasteiger partial charge in [0.2, 0.25) is 0 Å². The van der Waals surface area contributed by atoms with Crippen molar-refractivity contribution in [3.05, 3.63) is 47.0 Å². The van der Waals surface area contributed by atoms with Crippen LogP contribution in [0.4, 0.5) is 17.1 Å². The second-order valence-electron chi connectivity index (χ2n) is 4.08. The maximum Gasteiger partial charge on any atom is 0.337 e. The van der Waals surface area contributed by atoms with Crippen LogP contribution in [0.5, 0.6) is 5.75 Å². The fourth-order valence-electron chi connectivity index (χ4n) is 1.70. The molecule has 0 aromatic heterocycles. The van der Waals surface area contributed by atoms with E-state index in [4.69, 9.17) is 27.2 Å². The van der Waals surface area contributed by atoms with E-state index in [-0.39, 0.29) is 11.3 Å². The van der Waals surface area contributed by atoms with E-state index in [1.165, 1.54) is 12.1 Å². The number of hydrogen-bond donors (Lipinski definition) is 3. The van der Waals surface area contributed by atoms with E-state index in [2.05, 4.69) is 5.32 Å². The number of benzene rings is 2. The van der Waals surface area contributed by atoms with E-state index in [0.717, 1.165) is 0 Å². The number of carboxylic acid groups (broad SMARTS) is 1. The highest BCUT2D eigenvalue weighted by Crippen LogP contribution is 2.30. The summed E-state index contributed by atoms with van der Waals surface area (Å²) in [5, 5.41) is 12.6. The Kier molecular flexibility index (Phi) is 4.00. The van der Waals surface area contributed by atoms with Gasteiger partial charge in [0.05, 0.1) is 23.4 Å². The minimum absolute atomic E-state index is 0.0361. The summed E-state index contributed by atoms with van der Waals surface area (Å²) < 4.78 is 5.12. The number of carbonyl (C=O) groups is 1. The highest BCUT2D eigenvalue weighted by Gasteiger charge is 2.10. The van der Waals surface area contributed by atoms with Crippen molar-refractivity contribution >= 4 is 34.6 Å². The van der Waals surface area contributed by atoms with Gasteiger partial charge in [-0.1, -0.05) is 11.6 Å². The average Bonchev–Trinajstić information content (AvgIpc) is 2.43. The lowest BCUT2D eigenvalue weighted by Crippen LogP contribution is -2.03. The molecule has 0 aliphatic rings. The minimum Gasteiger partial charge on any atom is -0.497 e. The molecular formula is C14H13ClN2O3. The second kappa shape index (κ2) is 5.71. The molecule has 4 N–H and O–H groups in total. The van der Waals surface area contributed by atoms with Gasteiger partial charge in [-0.25, -0.2) is 4.79 Å². The maximum atomic E-state index is 11.0. The van der Waals surface area contributed by atoms with Crippen LogP contribution in [0.3, 0.4) is 0 Å². The number of carboxylic acids is 1. The van der Waals surface area contributed by atoms with Crippen molar-refractivity contribution in [1.29, 1.82) is 0 Å². The topological polar surface area (TPSA) is 84.6 Å². The lowest BCUT2D eigenvalue weighted by molar-refractivity contribution is 0.0698. The van der Waals surface area contributed by atoms with Crippen LogP contribution >= 0.6 is 11.6 Å². The Morgan fingerprint density at radius 2 is 2.05 bits per heavy atom. The molecule has 0 saturated carbocycles. The first-order valence-corrected chi connectivity index (χ1v) is 6.12. The van der Waals surface area contributed by atoms with Gasteiger partial charge in [0.1, 0.15) is 5.75 Å². The number of ether oxygens (including phenoxy) is 1. The van der Waals surface area contributed by atoms with Crippen LogP contribution in [-0.2, 0) is 0 Å². The van der Waals surface area contributed by atoms with Gasteiger partial charge in [-0.05, 0) is 30.3 Å². The molecule has 0 aliphatic heterocycles. The number of anilines is 3. The third kappa shape index (κ3) is 2.95. The minimum atomic E-state index is -1.08. The monoisotopic (exact) mass is 292 g/mol. The summed E-state index contributed by atoms with van der Waals surface area (Å²) in [6.45, 7) is 0. The van der Waals surface area contributed by atoms with Crippen LogP contribution in [0.25, 0.3) is 0 Å². The van der Waals surface area contributed by atoms with E-state index in [9.17, 15) is 4.79 Å². The van der Waals surface area contributed by atoms with Gasteiger partial charge in [0.15, 0.2) is 0 Å². The summed E-state index contributed by atoms with van der Waals surface area (Å²) in [5.74, 6) is -0.436. The Hall–Kier alpha value is -2.40. The predicted octanol–water partition coefficient (Wildman–Crippen LogP) is 3.37. The number of aromatic carboxylic acids is 1. The molecule has 6 heteroatoms. The van der Waals surface area contributed by atoms with Crippen molar-refractivity contribution in [3.8, 4) is 5.75 Å². The van der Waals surface area contributed by atoms with Gasteiger partial charge < -0.3 is 20.9 Å². The summed E-state index contributed by atoms with van der Waals surface area (Å²) >= 11 is 6.08. The Balaban J connectivity index is 2.35. The Labute approximate surface area is 120 Å². The number of nitrogens with one attached hydrogen (secondary N) is 1. The molecule has 0 unspecified atom stereocenters. The molecule has 2 aromatic rings. The molecule has 2 aromatic carbocycles. The average molecular weight is 293 g/mol. The van der Waals surface area contributed by atoms with Crippen LogP contribution in [0.2, 0.25) is 5.02 Å². The molecule has 0 atom stereocenters. The van der Waals surface area contributed by atoms with Crippen molar-refractivity contribution in [1.82, 2.24) is 0 Å². The van der Waals surface area contributed by atoms with E-state index in [1.54, 1.807) is 31.4 Å². The van der Waals surface area contributed by atoms with E-state index in [0.29, 0.717) is 22.1 Å². The third-order valence-electron chi connectivity index (χ3n) is 2.74. The molecule has 20 heavy (non-hydrogen) atoms. The summed E-state index contributed by atoms with van der Waals surface area (Å²) in [6.07, 6.45) is 0. The standard InChI is InChI=1S/C14H13ClN2O3/c1-20-9-3-4-11(15)13(7-9)17-8-2-5-12(16)10(6-8)14(18)19/h2-7,17H,16H2,1H3,(H,18,19). The van der Waals surface area contributed by atoms with Crippen molar-refractivity contribution in [2.24, 2.45) is 0 Å². The zero-order valence-electron chi connectivity index (χ0n) is 10.7. The summed E-state index contributed by atoms with van der Waals surface area (Å²) in [6, 6.07) is 9.81. The molecule has 0 radical (unpaired) electrons. The zero-order chi connectivity index (χ0) is 14.7. The molecule has 0 heterocycles. The van der Waals surface area contributed by atoms with Crippen molar-refractivity contribution in [2.75, 3.05) is 18.2 Å². The van der Waals surface area contributed by atoms with Gasteiger partial charge >= 0.3 is 5.97 Å². The normalized spacial score (nSPS) is 10.1. The Morgan fingerprint density at radius 1 is 1.30 bits per heavy atom. The molecule has 2 rings (SSSR count). The molecule has 0 saturated heterocycles. The van der Waals surface area contributed by atoms with Gasteiger partial charge in [-0.3, -0.25) is 0 Å². The number of rotatable bonds is 4. The summed E-state index contributed by atoms with van der Waals surface area (Å²) in [7, 11) is 1.55. The summed E-state index contributed by atoms with van der Waals surface area (Å²) in [5.41, 5.74) is 7.04. The highest BCUT2D eigenvalue weighted by molar-refractivity contribution is 6.33. The predicted molar refractivity (Wildman–Crippen MR) is 79.1 cm³/mol. The number of nitrogen functional groups attached to an aromatic ring is 1. The Morgan fingerprint density at radius 3 is 2.70 bits per heavy atom. The number of methoxy groups -OCH3 is 1. The van der Waals surface area contributed by atoms with Crippen LogP contribution in [0.1, 0.15) is 10.4 Å². The van der Waals surface area contributed by atoms with Gasteiger partial charge in [-0.2, -0.15) is 0 Å². The van der Waals surface area contributed by atoms with Crippen molar-refractivity contribution in [2.45, 2.75) is 0 Å². The number of nitrogens with two attached hydrogens (primary N) is 1. The van der Waals surface area contributed by atoms with Gasteiger partial charge in [-0.15, -0.1) is 0 Å². The molecule has 104 valence electrons. The van der Waals surface area contributed by atoms with Crippen molar-refractivity contribution < 1.29 is 14.6 Å². The molecule has 0 amide bonds. The second-order valence-corrected chi connectivity index (χ2v) is 4.49. The molecule has 0 bridgehead atoms. The fraction of sp³-hybridized carbons (Fsp3) is 0.0714. The van der Waals surface area contributed by atoms with Crippen LogP contribution in [-0.4, -0.2) is 18.2 Å². The molecular weight excluding hydrogens is 280 g/mol. The number of hydrogen-bond acceptors (Lipinski definition) is 4. The van der Waals surface area contributed by atoms with E-state index in [1.807, 2.05) is 0 Å². The van der Waals surface area contributed by atoms with Crippen LogP contribution in [0.15, 0.2) is 36.4 Å². The smallest absolute Gasteiger partial charge is 0.337 e. The first-order chi connectivity index (χ1) is 9.51. The van der Waals surface area contributed by atoms with E-state index < -0.39 is 5.97 Å².